The molecule has 0 aromatic heterocycles. The Balaban J connectivity index is 1.74. The van der Waals surface area contributed by atoms with Crippen LogP contribution in [0.3, 0.4) is 0 Å². The Morgan fingerprint density at radius 2 is 1.86 bits per heavy atom. The van der Waals surface area contributed by atoms with Gasteiger partial charge in [-0.15, -0.1) is 0 Å². The van der Waals surface area contributed by atoms with Crippen molar-refractivity contribution in [2.24, 2.45) is 5.10 Å². The first kappa shape index (κ1) is 14.3. The molecule has 0 saturated carbocycles. The Morgan fingerprint density at radius 3 is 2.50 bits per heavy atom. The van der Waals surface area contributed by atoms with Crippen LogP contribution in [-0.4, -0.2) is 26.6 Å². The predicted molar refractivity (Wildman–Crippen MR) is 90.9 cm³/mol. The van der Waals surface area contributed by atoms with E-state index in [9.17, 15) is 0 Å². The summed E-state index contributed by atoms with van der Waals surface area (Å²) < 4.78 is 5.92. The van der Waals surface area contributed by atoms with Crippen LogP contribution >= 0.6 is 0 Å². The van der Waals surface area contributed by atoms with E-state index in [1.807, 2.05) is 63.5 Å². The minimum absolute atomic E-state index is 0.705. The lowest BCUT2D eigenvalue weighted by atomic mass is 10.2. The van der Waals surface area contributed by atoms with Gasteiger partial charge in [-0.25, -0.2) is 0 Å². The molecule has 22 heavy (non-hydrogen) atoms. The largest absolute Gasteiger partial charge is 0.457 e. The molecule has 0 amide bonds. The van der Waals surface area contributed by atoms with Gasteiger partial charge in [-0.1, -0.05) is 6.07 Å². The quantitative estimate of drug-likeness (QED) is 0.940. The van der Waals surface area contributed by atoms with Gasteiger partial charge in [-0.05, 0) is 43.3 Å². The second kappa shape index (κ2) is 5.97. The molecule has 5 heteroatoms. The van der Waals surface area contributed by atoms with E-state index in [-0.39, 0.29) is 0 Å². The highest BCUT2D eigenvalue weighted by Gasteiger charge is 2.14. The number of ether oxygens (including phenoxy) is 1. The number of benzene rings is 2. The van der Waals surface area contributed by atoms with Crippen LogP contribution in [0, 0.1) is 0 Å². The van der Waals surface area contributed by atoms with Crippen LogP contribution in [0.25, 0.3) is 0 Å². The third kappa shape index (κ3) is 2.98. The number of hydrazone groups is 1. The molecule has 2 aromatic carbocycles. The van der Waals surface area contributed by atoms with Crippen molar-refractivity contribution in [2.75, 3.05) is 30.6 Å². The number of hydrogen-bond acceptors (Lipinski definition) is 5. The zero-order valence-electron chi connectivity index (χ0n) is 13.1. The van der Waals surface area contributed by atoms with Gasteiger partial charge in [0.05, 0.1) is 0 Å². The first-order valence-corrected chi connectivity index (χ1v) is 7.23. The number of nitrogens with zero attached hydrogens (tertiary/aromatic N) is 3. The first-order valence-electron chi connectivity index (χ1n) is 7.23. The lowest BCUT2D eigenvalue weighted by Crippen LogP contribution is -2.27. The molecule has 1 aliphatic heterocycles. The van der Waals surface area contributed by atoms with Crippen molar-refractivity contribution >= 4 is 17.2 Å². The number of rotatable bonds is 4. The Kier molecular flexibility index (Phi) is 3.87. The molecule has 0 bridgehead atoms. The minimum atomic E-state index is 0.705. The average molecular weight is 296 g/mol. The van der Waals surface area contributed by atoms with Gasteiger partial charge in [0.2, 0.25) is 0 Å². The van der Waals surface area contributed by atoms with Crippen LogP contribution in [0.2, 0.25) is 0 Å². The highest BCUT2D eigenvalue weighted by molar-refractivity contribution is 5.96. The Labute approximate surface area is 130 Å². The number of nitrogens with one attached hydrogen (secondary N) is 1. The summed E-state index contributed by atoms with van der Waals surface area (Å²) in [5, 5.41) is 4.17. The van der Waals surface area contributed by atoms with Gasteiger partial charge in [0.15, 0.2) is 0 Å². The molecule has 0 saturated heterocycles. The smallest absolute Gasteiger partial charge is 0.129 e. The fraction of sp³-hybridized carbons (Fsp3) is 0.235. The molecule has 0 fully saturated rings. The summed E-state index contributed by atoms with van der Waals surface area (Å²) in [5.41, 5.74) is 5.18. The van der Waals surface area contributed by atoms with Gasteiger partial charge in [0.1, 0.15) is 24.0 Å². The third-order valence-corrected chi connectivity index (χ3v) is 3.58. The molecule has 5 nitrogen and oxygen atoms in total. The topological polar surface area (TPSA) is 40.1 Å². The summed E-state index contributed by atoms with van der Waals surface area (Å²) in [6, 6.07) is 16.1. The van der Waals surface area contributed by atoms with Crippen LogP contribution in [0.15, 0.2) is 53.6 Å². The van der Waals surface area contributed by atoms with E-state index in [0.29, 0.717) is 6.67 Å². The maximum atomic E-state index is 5.92. The molecule has 0 unspecified atom stereocenters. The normalized spacial score (nSPS) is 13.6. The fourth-order valence-corrected chi connectivity index (χ4v) is 2.33. The van der Waals surface area contributed by atoms with E-state index in [2.05, 4.69) is 26.4 Å². The first-order chi connectivity index (χ1) is 10.6. The van der Waals surface area contributed by atoms with Crippen molar-refractivity contribution in [1.82, 2.24) is 5.43 Å². The predicted octanol–water partition coefficient (Wildman–Crippen LogP) is 3.25. The van der Waals surface area contributed by atoms with Gasteiger partial charge in [0.25, 0.3) is 0 Å². The zero-order valence-corrected chi connectivity index (χ0v) is 13.1. The Hall–Kier alpha value is -2.69. The van der Waals surface area contributed by atoms with Crippen molar-refractivity contribution in [2.45, 2.75) is 6.92 Å². The molecule has 2 aromatic rings. The third-order valence-electron chi connectivity index (χ3n) is 3.58. The van der Waals surface area contributed by atoms with E-state index < -0.39 is 0 Å². The molecule has 1 heterocycles. The molecule has 114 valence electrons. The number of anilines is 2. The Morgan fingerprint density at radius 1 is 1.09 bits per heavy atom. The fourth-order valence-electron chi connectivity index (χ4n) is 2.33. The van der Waals surface area contributed by atoms with E-state index in [1.54, 1.807) is 0 Å². The Bertz CT molecular complexity index is 679. The van der Waals surface area contributed by atoms with Crippen LogP contribution < -0.4 is 20.0 Å². The monoisotopic (exact) mass is 296 g/mol. The van der Waals surface area contributed by atoms with E-state index in [4.69, 9.17) is 4.74 Å². The van der Waals surface area contributed by atoms with Gasteiger partial charge < -0.3 is 14.5 Å². The van der Waals surface area contributed by atoms with Crippen LogP contribution in [0.4, 0.5) is 11.4 Å². The highest BCUT2D eigenvalue weighted by Crippen LogP contribution is 2.27. The van der Waals surface area contributed by atoms with Gasteiger partial charge in [0, 0.05) is 31.5 Å². The van der Waals surface area contributed by atoms with Crippen molar-refractivity contribution in [1.29, 1.82) is 0 Å². The molecule has 1 N–H and O–H groups in total. The summed E-state index contributed by atoms with van der Waals surface area (Å²) >= 11 is 0. The van der Waals surface area contributed by atoms with Crippen LogP contribution in [0.1, 0.15) is 6.92 Å². The summed E-state index contributed by atoms with van der Waals surface area (Å²) in [6.07, 6.45) is 0. The SMILES string of the molecule is CC1=NNCN1c1ccc(Oc2cccc(N(C)C)c2)cc1. The molecule has 0 radical (unpaired) electrons. The summed E-state index contributed by atoms with van der Waals surface area (Å²) in [4.78, 5) is 4.16. The number of hydrogen-bond donors (Lipinski definition) is 1. The van der Waals surface area contributed by atoms with Crippen molar-refractivity contribution in [3.63, 3.8) is 0 Å². The summed E-state index contributed by atoms with van der Waals surface area (Å²) in [5.74, 6) is 2.62. The van der Waals surface area contributed by atoms with E-state index in [1.165, 1.54) is 0 Å². The highest BCUT2D eigenvalue weighted by atomic mass is 16.5. The van der Waals surface area contributed by atoms with Crippen molar-refractivity contribution in [3.8, 4) is 11.5 Å². The second-order valence-corrected chi connectivity index (χ2v) is 5.39. The summed E-state index contributed by atoms with van der Waals surface area (Å²) in [6.45, 7) is 2.69. The van der Waals surface area contributed by atoms with Crippen LogP contribution in [0.5, 0.6) is 11.5 Å². The zero-order chi connectivity index (χ0) is 15.5. The molecule has 0 spiro atoms. The lowest BCUT2D eigenvalue weighted by Gasteiger charge is -2.17. The van der Waals surface area contributed by atoms with Crippen molar-refractivity contribution in [3.05, 3.63) is 48.5 Å². The maximum absolute atomic E-state index is 5.92. The maximum Gasteiger partial charge on any atom is 0.129 e. The summed E-state index contributed by atoms with van der Waals surface area (Å²) in [7, 11) is 4.03. The van der Waals surface area contributed by atoms with E-state index >= 15 is 0 Å². The van der Waals surface area contributed by atoms with E-state index in [0.717, 1.165) is 28.7 Å². The number of amidine groups is 1. The lowest BCUT2D eigenvalue weighted by molar-refractivity contribution is 0.483. The molecule has 0 atom stereocenters. The average Bonchev–Trinajstić information content (AvgIpc) is 2.94. The van der Waals surface area contributed by atoms with Gasteiger partial charge in [-0.2, -0.15) is 5.10 Å². The molecule has 1 aliphatic rings. The molecule has 3 rings (SSSR count). The van der Waals surface area contributed by atoms with Gasteiger partial charge >= 0.3 is 0 Å². The molecule has 0 aliphatic carbocycles. The van der Waals surface area contributed by atoms with Crippen molar-refractivity contribution < 1.29 is 4.74 Å². The molecular weight excluding hydrogens is 276 g/mol. The molecular formula is C17H20N4O. The second-order valence-electron chi connectivity index (χ2n) is 5.39. The minimum Gasteiger partial charge on any atom is -0.457 e. The van der Waals surface area contributed by atoms with Gasteiger partial charge in [-0.3, -0.25) is 5.43 Å². The standard InChI is InChI=1S/C17H20N4O/c1-13-19-18-12-21(13)14-7-9-16(10-8-14)22-17-6-4-5-15(11-17)20(2)3/h4-11,18H,12H2,1-3H3. The van der Waals surface area contributed by atoms with Crippen LogP contribution in [-0.2, 0) is 0 Å².